The lowest BCUT2D eigenvalue weighted by Crippen LogP contribution is -2.52. The minimum Gasteiger partial charge on any atom is -0.489 e. The molecule has 0 spiro atoms. The minimum absolute atomic E-state index is 0.0829. The van der Waals surface area contributed by atoms with Crippen LogP contribution in [0.25, 0.3) is 0 Å². The third kappa shape index (κ3) is 2.48. The molecule has 1 saturated heterocycles. The Hall–Kier alpha value is -1.56. The van der Waals surface area contributed by atoms with E-state index in [2.05, 4.69) is 9.97 Å². The van der Waals surface area contributed by atoms with E-state index < -0.39 is 0 Å². The zero-order chi connectivity index (χ0) is 13.3. The summed E-state index contributed by atoms with van der Waals surface area (Å²) >= 11 is 0. The maximum atomic E-state index is 11.7. The van der Waals surface area contributed by atoms with Crippen LogP contribution in [0.3, 0.4) is 0 Å². The molecule has 0 aromatic carbocycles. The lowest BCUT2D eigenvalue weighted by Gasteiger charge is -2.42. The molecule has 0 radical (unpaired) electrons. The van der Waals surface area contributed by atoms with Gasteiger partial charge in [0.1, 0.15) is 0 Å². The SMILES string of the molecule is COc1c(N2CC(C)OC(C)(C)C2)nc[nH]c1=O. The zero-order valence-corrected chi connectivity index (χ0v) is 11.2. The van der Waals surface area contributed by atoms with E-state index in [1.165, 1.54) is 13.4 Å². The maximum Gasteiger partial charge on any atom is 0.295 e. The highest BCUT2D eigenvalue weighted by Crippen LogP contribution is 2.28. The number of methoxy groups -OCH3 is 1. The molecule has 1 fully saturated rings. The van der Waals surface area contributed by atoms with E-state index in [9.17, 15) is 4.79 Å². The summed E-state index contributed by atoms with van der Waals surface area (Å²) in [7, 11) is 1.48. The van der Waals surface area contributed by atoms with Crippen LogP contribution in [0, 0.1) is 0 Å². The second kappa shape index (κ2) is 4.61. The van der Waals surface area contributed by atoms with E-state index in [1.807, 2.05) is 25.7 Å². The molecular formula is C12H19N3O3. The van der Waals surface area contributed by atoms with Crippen molar-refractivity contribution in [2.45, 2.75) is 32.5 Å². The molecule has 0 aliphatic carbocycles. The summed E-state index contributed by atoms with van der Waals surface area (Å²) in [5.74, 6) is 0.826. The van der Waals surface area contributed by atoms with E-state index in [-0.39, 0.29) is 23.0 Å². The van der Waals surface area contributed by atoms with E-state index in [1.54, 1.807) is 0 Å². The van der Waals surface area contributed by atoms with Crippen molar-refractivity contribution in [3.63, 3.8) is 0 Å². The Morgan fingerprint density at radius 1 is 1.61 bits per heavy atom. The molecule has 1 N–H and O–H groups in total. The third-order valence-electron chi connectivity index (χ3n) is 2.86. The van der Waals surface area contributed by atoms with Crippen molar-refractivity contribution in [2.75, 3.05) is 25.1 Å². The first kappa shape index (κ1) is 12.9. The average Bonchev–Trinajstić information content (AvgIpc) is 2.25. The number of aromatic amines is 1. The summed E-state index contributed by atoms with van der Waals surface area (Å²) < 4.78 is 11.0. The molecular weight excluding hydrogens is 234 g/mol. The Balaban J connectivity index is 2.37. The van der Waals surface area contributed by atoms with Gasteiger partial charge in [0, 0.05) is 13.1 Å². The number of aromatic nitrogens is 2. The van der Waals surface area contributed by atoms with Crippen LogP contribution < -0.4 is 15.2 Å². The van der Waals surface area contributed by atoms with Crippen LogP contribution in [-0.2, 0) is 4.74 Å². The number of nitrogens with zero attached hydrogens (tertiary/aromatic N) is 2. The average molecular weight is 253 g/mol. The highest BCUT2D eigenvalue weighted by Gasteiger charge is 2.33. The van der Waals surface area contributed by atoms with E-state index in [0.717, 1.165) is 0 Å². The largest absolute Gasteiger partial charge is 0.489 e. The van der Waals surface area contributed by atoms with Crippen molar-refractivity contribution >= 4 is 5.82 Å². The van der Waals surface area contributed by atoms with Gasteiger partial charge in [0.15, 0.2) is 5.82 Å². The van der Waals surface area contributed by atoms with E-state index >= 15 is 0 Å². The van der Waals surface area contributed by atoms with Crippen molar-refractivity contribution in [1.29, 1.82) is 0 Å². The van der Waals surface area contributed by atoms with Gasteiger partial charge in [0.05, 0.1) is 25.1 Å². The molecule has 2 rings (SSSR count). The summed E-state index contributed by atoms with van der Waals surface area (Å²) in [6, 6.07) is 0. The quantitative estimate of drug-likeness (QED) is 0.843. The van der Waals surface area contributed by atoms with E-state index in [4.69, 9.17) is 9.47 Å². The molecule has 18 heavy (non-hydrogen) atoms. The Morgan fingerprint density at radius 2 is 2.33 bits per heavy atom. The summed E-state index contributed by atoms with van der Waals surface area (Å²) in [4.78, 5) is 20.4. The Morgan fingerprint density at radius 3 is 2.94 bits per heavy atom. The fraction of sp³-hybridized carbons (Fsp3) is 0.667. The van der Waals surface area contributed by atoms with Crippen LogP contribution in [0.2, 0.25) is 0 Å². The molecule has 100 valence electrons. The molecule has 1 aliphatic heterocycles. The number of anilines is 1. The van der Waals surface area contributed by atoms with Gasteiger partial charge in [0.25, 0.3) is 5.56 Å². The second-order valence-corrected chi connectivity index (χ2v) is 5.16. The number of nitrogens with one attached hydrogen (secondary N) is 1. The molecule has 2 heterocycles. The fourth-order valence-corrected chi connectivity index (χ4v) is 2.40. The van der Waals surface area contributed by atoms with Crippen molar-refractivity contribution in [2.24, 2.45) is 0 Å². The molecule has 6 nitrogen and oxygen atoms in total. The van der Waals surface area contributed by atoms with Crippen molar-refractivity contribution in [3.8, 4) is 5.75 Å². The van der Waals surface area contributed by atoms with Crippen LogP contribution in [0.15, 0.2) is 11.1 Å². The Kier molecular flexibility index (Phi) is 3.30. The first-order chi connectivity index (χ1) is 8.43. The predicted octanol–water partition coefficient (Wildman–Crippen LogP) is 0.782. The normalized spacial score (nSPS) is 22.9. The number of ether oxygens (including phenoxy) is 2. The molecule has 1 atom stereocenters. The predicted molar refractivity (Wildman–Crippen MR) is 68.2 cm³/mol. The molecule has 6 heteroatoms. The lowest BCUT2D eigenvalue weighted by molar-refractivity contribution is -0.0752. The van der Waals surface area contributed by atoms with Crippen LogP contribution in [0.4, 0.5) is 5.82 Å². The Bertz CT molecular complexity index is 484. The highest BCUT2D eigenvalue weighted by atomic mass is 16.5. The van der Waals surface area contributed by atoms with Crippen LogP contribution >= 0.6 is 0 Å². The molecule has 0 saturated carbocycles. The molecule has 1 aliphatic rings. The number of hydrogen-bond acceptors (Lipinski definition) is 5. The fourth-order valence-electron chi connectivity index (χ4n) is 2.40. The highest BCUT2D eigenvalue weighted by molar-refractivity contribution is 5.51. The van der Waals surface area contributed by atoms with Gasteiger partial charge in [-0.15, -0.1) is 0 Å². The molecule has 0 amide bonds. The molecule has 0 bridgehead atoms. The number of H-pyrrole nitrogens is 1. The summed E-state index contributed by atoms with van der Waals surface area (Å²) in [6.45, 7) is 7.42. The van der Waals surface area contributed by atoms with Gasteiger partial charge in [-0.2, -0.15) is 0 Å². The van der Waals surface area contributed by atoms with Gasteiger partial charge in [-0.1, -0.05) is 0 Å². The second-order valence-electron chi connectivity index (χ2n) is 5.16. The van der Waals surface area contributed by atoms with Gasteiger partial charge < -0.3 is 19.4 Å². The van der Waals surface area contributed by atoms with Gasteiger partial charge in [-0.3, -0.25) is 4.79 Å². The lowest BCUT2D eigenvalue weighted by atomic mass is 10.1. The number of rotatable bonds is 2. The number of hydrogen-bond donors (Lipinski definition) is 1. The summed E-state index contributed by atoms with van der Waals surface area (Å²) in [5, 5.41) is 0. The number of morpholine rings is 1. The topological polar surface area (TPSA) is 67.5 Å². The smallest absolute Gasteiger partial charge is 0.295 e. The van der Waals surface area contributed by atoms with Gasteiger partial charge in [0.2, 0.25) is 5.75 Å². The Labute approximate surface area is 106 Å². The molecule has 1 aromatic heterocycles. The van der Waals surface area contributed by atoms with Crippen molar-refractivity contribution in [1.82, 2.24) is 9.97 Å². The summed E-state index contributed by atoms with van der Waals surface area (Å²) in [5.41, 5.74) is -0.535. The van der Waals surface area contributed by atoms with Gasteiger partial charge in [-0.25, -0.2) is 4.98 Å². The van der Waals surface area contributed by atoms with Crippen LogP contribution in [0.1, 0.15) is 20.8 Å². The van der Waals surface area contributed by atoms with Crippen molar-refractivity contribution in [3.05, 3.63) is 16.7 Å². The molecule has 1 unspecified atom stereocenters. The van der Waals surface area contributed by atoms with Crippen molar-refractivity contribution < 1.29 is 9.47 Å². The standard InChI is InChI=1S/C12H19N3O3/c1-8-5-15(6-12(2,3)18-8)10-9(17-4)11(16)14-7-13-10/h7-8H,5-6H2,1-4H3,(H,13,14,16). The van der Waals surface area contributed by atoms with Crippen LogP contribution in [0.5, 0.6) is 5.75 Å². The van der Waals surface area contributed by atoms with E-state index in [0.29, 0.717) is 18.9 Å². The van der Waals surface area contributed by atoms with Gasteiger partial charge >= 0.3 is 0 Å². The minimum atomic E-state index is -0.271. The third-order valence-corrected chi connectivity index (χ3v) is 2.86. The van der Waals surface area contributed by atoms with Gasteiger partial charge in [-0.05, 0) is 20.8 Å². The first-order valence-corrected chi connectivity index (χ1v) is 5.97. The van der Waals surface area contributed by atoms with Crippen LogP contribution in [-0.4, -0.2) is 41.9 Å². The zero-order valence-electron chi connectivity index (χ0n) is 11.2. The first-order valence-electron chi connectivity index (χ1n) is 5.97. The maximum absolute atomic E-state index is 11.7. The summed E-state index contributed by atoms with van der Waals surface area (Å²) in [6.07, 6.45) is 1.48. The molecule has 1 aromatic rings. The monoisotopic (exact) mass is 253 g/mol.